The van der Waals surface area contributed by atoms with Crippen molar-refractivity contribution in [3.05, 3.63) is 52.6 Å². The molecule has 0 aliphatic rings. The van der Waals surface area contributed by atoms with Gasteiger partial charge in [-0.25, -0.2) is 4.98 Å². The van der Waals surface area contributed by atoms with Crippen LogP contribution in [0.5, 0.6) is 5.75 Å². The molecule has 3 aromatic rings. The molecular weight excluding hydrogens is 344 g/mol. The second-order valence-electron chi connectivity index (χ2n) is 6.88. The van der Waals surface area contributed by atoms with Gasteiger partial charge in [0.05, 0.1) is 10.2 Å². The van der Waals surface area contributed by atoms with Crippen LogP contribution in [-0.4, -0.2) is 17.5 Å². The Kier molecular flexibility index (Phi) is 5.28. The maximum atomic E-state index is 12.2. The molecule has 0 atom stereocenters. The molecule has 26 heavy (non-hydrogen) atoms. The largest absolute Gasteiger partial charge is 0.484 e. The second-order valence-corrected chi connectivity index (χ2v) is 7.91. The van der Waals surface area contributed by atoms with E-state index in [1.165, 1.54) is 28.0 Å². The van der Waals surface area contributed by atoms with Gasteiger partial charge in [0, 0.05) is 0 Å². The van der Waals surface area contributed by atoms with Crippen LogP contribution in [0.1, 0.15) is 42.0 Å². The fourth-order valence-corrected chi connectivity index (χ4v) is 3.91. The zero-order valence-electron chi connectivity index (χ0n) is 15.8. The SMILES string of the molecule is Cc1cc(OCC(=O)Nc2nc3c(C)c(C)ccc3s2)ccc1C(C)C. The van der Waals surface area contributed by atoms with Crippen LogP contribution in [0, 0.1) is 20.8 Å². The van der Waals surface area contributed by atoms with Gasteiger partial charge in [-0.3, -0.25) is 10.1 Å². The molecule has 1 N–H and O–H groups in total. The number of nitrogens with zero attached hydrogens (tertiary/aromatic N) is 1. The summed E-state index contributed by atoms with van der Waals surface area (Å²) in [5.74, 6) is 0.973. The van der Waals surface area contributed by atoms with Crippen LogP contribution in [-0.2, 0) is 4.79 Å². The Bertz CT molecular complexity index is 960. The lowest BCUT2D eigenvalue weighted by Crippen LogP contribution is -2.20. The summed E-state index contributed by atoms with van der Waals surface area (Å²) in [7, 11) is 0. The van der Waals surface area contributed by atoms with E-state index in [1.54, 1.807) is 0 Å². The summed E-state index contributed by atoms with van der Waals surface area (Å²) in [5.41, 5.74) is 5.77. The van der Waals surface area contributed by atoms with Crippen molar-refractivity contribution in [3.8, 4) is 5.75 Å². The molecule has 0 spiro atoms. The lowest BCUT2D eigenvalue weighted by Gasteiger charge is -2.12. The molecular formula is C21H24N2O2S. The highest BCUT2D eigenvalue weighted by Crippen LogP contribution is 2.29. The van der Waals surface area contributed by atoms with Crippen molar-refractivity contribution in [2.45, 2.75) is 40.5 Å². The first-order chi connectivity index (χ1) is 12.3. The van der Waals surface area contributed by atoms with Crippen LogP contribution in [0.3, 0.4) is 0 Å². The van der Waals surface area contributed by atoms with Crippen LogP contribution in [0.2, 0.25) is 0 Å². The van der Waals surface area contributed by atoms with E-state index in [-0.39, 0.29) is 12.5 Å². The molecule has 0 radical (unpaired) electrons. The fraction of sp³-hybridized carbons (Fsp3) is 0.333. The number of ether oxygens (including phenoxy) is 1. The van der Waals surface area contributed by atoms with E-state index in [0.717, 1.165) is 15.8 Å². The normalized spacial score (nSPS) is 11.2. The van der Waals surface area contributed by atoms with Crippen molar-refractivity contribution < 1.29 is 9.53 Å². The molecule has 0 aliphatic heterocycles. The molecule has 3 rings (SSSR count). The van der Waals surface area contributed by atoms with Crippen LogP contribution < -0.4 is 10.1 Å². The Hall–Kier alpha value is -2.40. The molecule has 1 amide bonds. The van der Waals surface area contributed by atoms with E-state index in [4.69, 9.17) is 4.74 Å². The van der Waals surface area contributed by atoms with Gasteiger partial charge in [0.1, 0.15) is 5.75 Å². The van der Waals surface area contributed by atoms with Crippen LogP contribution >= 0.6 is 11.3 Å². The Labute approximate surface area is 158 Å². The minimum Gasteiger partial charge on any atom is -0.484 e. The third-order valence-corrected chi connectivity index (χ3v) is 5.50. The highest BCUT2D eigenvalue weighted by molar-refractivity contribution is 7.22. The molecule has 1 aromatic heterocycles. The standard InChI is InChI=1S/C21H24N2O2S/c1-12(2)17-8-7-16(10-14(17)4)25-11-19(24)22-21-23-20-15(5)13(3)6-9-18(20)26-21/h6-10,12H,11H2,1-5H3,(H,22,23,24). The molecule has 4 nitrogen and oxygen atoms in total. The molecule has 136 valence electrons. The Morgan fingerprint density at radius 3 is 2.62 bits per heavy atom. The molecule has 1 heterocycles. The second kappa shape index (κ2) is 7.46. The summed E-state index contributed by atoms with van der Waals surface area (Å²) >= 11 is 1.48. The van der Waals surface area contributed by atoms with Crippen LogP contribution in [0.4, 0.5) is 5.13 Å². The van der Waals surface area contributed by atoms with E-state index in [1.807, 2.05) is 18.2 Å². The van der Waals surface area contributed by atoms with Gasteiger partial charge >= 0.3 is 0 Å². The summed E-state index contributed by atoms with van der Waals surface area (Å²) in [6, 6.07) is 10.1. The molecule has 2 aromatic carbocycles. The fourth-order valence-electron chi connectivity index (χ4n) is 2.97. The number of carbonyl (C=O) groups is 1. The predicted molar refractivity (Wildman–Crippen MR) is 108 cm³/mol. The first-order valence-corrected chi connectivity index (χ1v) is 9.56. The number of anilines is 1. The van der Waals surface area contributed by atoms with Gasteiger partial charge < -0.3 is 4.74 Å². The zero-order valence-corrected chi connectivity index (χ0v) is 16.7. The summed E-state index contributed by atoms with van der Waals surface area (Å²) in [5, 5.41) is 3.44. The number of amides is 1. The highest BCUT2D eigenvalue weighted by atomic mass is 32.1. The minimum atomic E-state index is -0.205. The van der Waals surface area contributed by atoms with E-state index in [2.05, 4.69) is 57.1 Å². The van der Waals surface area contributed by atoms with Gasteiger partial charge in [0.15, 0.2) is 11.7 Å². The predicted octanol–water partition coefficient (Wildman–Crippen LogP) is 5.36. The van der Waals surface area contributed by atoms with Crippen LogP contribution in [0.15, 0.2) is 30.3 Å². The minimum absolute atomic E-state index is 0.0333. The van der Waals surface area contributed by atoms with Crippen molar-refractivity contribution in [1.29, 1.82) is 0 Å². The number of aromatic nitrogens is 1. The molecule has 0 fully saturated rings. The summed E-state index contributed by atoms with van der Waals surface area (Å²) in [6.45, 7) is 10.5. The topological polar surface area (TPSA) is 51.2 Å². The molecule has 0 saturated carbocycles. The molecule has 0 aliphatic carbocycles. The number of carbonyl (C=O) groups excluding carboxylic acids is 1. The van der Waals surface area contributed by atoms with Crippen LogP contribution in [0.25, 0.3) is 10.2 Å². The molecule has 0 bridgehead atoms. The highest BCUT2D eigenvalue weighted by Gasteiger charge is 2.11. The van der Waals surface area contributed by atoms with Crippen molar-refractivity contribution >= 4 is 32.6 Å². The van der Waals surface area contributed by atoms with E-state index < -0.39 is 0 Å². The van der Waals surface area contributed by atoms with E-state index >= 15 is 0 Å². The van der Waals surface area contributed by atoms with Gasteiger partial charge in [0.25, 0.3) is 5.91 Å². The number of aryl methyl sites for hydroxylation is 3. The Balaban J connectivity index is 1.64. The summed E-state index contributed by atoms with van der Waals surface area (Å²) in [6.07, 6.45) is 0. The maximum absolute atomic E-state index is 12.2. The third kappa shape index (κ3) is 3.88. The molecule has 0 unspecified atom stereocenters. The van der Waals surface area contributed by atoms with Gasteiger partial charge in [0.2, 0.25) is 0 Å². The van der Waals surface area contributed by atoms with Gasteiger partial charge in [-0.05, 0) is 67.1 Å². The Morgan fingerprint density at radius 2 is 1.92 bits per heavy atom. The summed E-state index contributed by atoms with van der Waals surface area (Å²) in [4.78, 5) is 16.7. The number of benzene rings is 2. The Morgan fingerprint density at radius 1 is 1.15 bits per heavy atom. The number of hydrogen-bond donors (Lipinski definition) is 1. The first-order valence-electron chi connectivity index (χ1n) is 8.75. The maximum Gasteiger partial charge on any atom is 0.264 e. The van der Waals surface area contributed by atoms with Gasteiger partial charge in [-0.15, -0.1) is 0 Å². The number of hydrogen-bond acceptors (Lipinski definition) is 4. The molecule has 5 heteroatoms. The average Bonchev–Trinajstić information content (AvgIpc) is 2.99. The quantitative estimate of drug-likeness (QED) is 0.659. The lowest BCUT2D eigenvalue weighted by atomic mass is 9.98. The number of nitrogens with one attached hydrogen (secondary N) is 1. The van der Waals surface area contributed by atoms with E-state index in [9.17, 15) is 4.79 Å². The van der Waals surface area contributed by atoms with Crippen molar-refractivity contribution in [3.63, 3.8) is 0 Å². The first kappa shape index (κ1) is 18.4. The molecule has 0 saturated heterocycles. The van der Waals surface area contributed by atoms with Crippen molar-refractivity contribution in [2.24, 2.45) is 0 Å². The number of rotatable bonds is 5. The van der Waals surface area contributed by atoms with Gasteiger partial charge in [-0.2, -0.15) is 0 Å². The lowest BCUT2D eigenvalue weighted by molar-refractivity contribution is -0.118. The van der Waals surface area contributed by atoms with E-state index in [0.29, 0.717) is 16.8 Å². The third-order valence-electron chi connectivity index (χ3n) is 4.56. The monoisotopic (exact) mass is 368 g/mol. The average molecular weight is 369 g/mol. The zero-order chi connectivity index (χ0) is 18.8. The number of thiazole rings is 1. The number of fused-ring (bicyclic) bond motifs is 1. The van der Waals surface area contributed by atoms with Crippen molar-refractivity contribution in [1.82, 2.24) is 4.98 Å². The summed E-state index contributed by atoms with van der Waals surface area (Å²) < 4.78 is 6.71. The van der Waals surface area contributed by atoms with Crippen molar-refractivity contribution in [2.75, 3.05) is 11.9 Å². The van der Waals surface area contributed by atoms with Gasteiger partial charge in [-0.1, -0.05) is 37.3 Å². The smallest absolute Gasteiger partial charge is 0.264 e.